The first-order chi connectivity index (χ1) is 9.13. The predicted octanol–water partition coefficient (Wildman–Crippen LogP) is 3.14. The molecule has 1 aromatic rings. The molecule has 0 amide bonds. The molecule has 0 aliphatic carbocycles. The number of benzene rings is 1. The number of hydrogen-bond donors (Lipinski definition) is 0. The van der Waals surface area contributed by atoms with E-state index in [1.807, 2.05) is 13.8 Å². The van der Waals surface area contributed by atoms with Crippen LogP contribution in [0.15, 0.2) is 12.1 Å². The molecule has 1 rings (SSSR count). The molecule has 0 bridgehead atoms. The first kappa shape index (κ1) is 15.6. The highest BCUT2D eigenvalue weighted by Gasteiger charge is 2.16. The monoisotopic (exact) mass is 268 g/mol. The topological polar surface area (TPSA) is 35.5 Å². The van der Waals surface area contributed by atoms with Gasteiger partial charge in [0.2, 0.25) is 0 Å². The molecule has 0 heterocycles. The molecule has 0 radical (unpaired) electrons. The largest absolute Gasteiger partial charge is 0.462 e. The van der Waals surface area contributed by atoms with Gasteiger partial charge in [0.05, 0.1) is 18.8 Å². The number of esters is 1. The summed E-state index contributed by atoms with van der Waals surface area (Å²) in [5, 5.41) is 0. The van der Waals surface area contributed by atoms with Crippen molar-refractivity contribution in [2.45, 2.75) is 33.1 Å². The SMILES string of the molecule is CCCOC(=O)c1cc(F)cc(CCOC)c1CC. The van der Waals surface area contributed by atoms with Crippen molar-refractivity contribution in [1.82, 2.24) is 0 Å². The summed E-state index contributed by atoms with van der Waals surface area (Å²) in [4.78, 5) is 11.9. The summed E-state index contributed by atoms with van der Waals surface area (Å²) in [7, 11) is 1.60. The molecule has 3 nitrogen and oxygen atoms in total. The average molecular weight is 268 g/mol. The van der Waals surface area contributed by atoms with Crippen molar-refractivity contribution in [1.29, 1.82) is 0 Å². The maximum absolute atomic E-state index is 13.6. The minimum Gasteiger partial charge on any atom is -0.462 e. The van der Waals surface area contributed by atoms with E-state index in [-0.39, 0.29) is 0 Å². The number of hydrogen-bond acceptors (Lipinski definition) is 3. The van der Waals surface area contributed by atoms with E-state index in [9.17, 15) is 9.18 Å². The van der Waals surface area contributed by atoms with E-state index in [0.717, 1.165) is 17.5 Å². The lowest BCUT2D eigenvalue weighted by atomic mass is 9.96. The maximum atomic E-state index is 13.6. The van der Waals surface area contributed by atoms with Crippen LogP contribution >= 0.6 is 0 Å². The molecule has 0 unspecified atom stereocenters. The highest BCUT2D eigenvalue weighted by molar-refractivity contribution is 5.91. The second-order valence-electron chi connectivity index (χ2n) is 4.32. The molecule has 106 valence electrons. The highest BCUT2D eigenvalue weighted by atomic mass is 19.1. The quantitative estimate of drug-likeness (QED) is 0.713. The third-order valence-electron chi connectivity index (χ3n) is 2.89. The molecule has 19 heavy (non-hydrogen) atoms. The van der Waals surface area contributed by atoms with Gasteiger partial charge in [-0.05, 0) is 42.5 Å². The van der Waals surface area contributed by atoms with E-state index in [4.69, 9.17) is 9.47 Å². The van der Waals surface area contributed by atoms with Gasteiger partial charge in [-0.25, -0.2) is 9.18 Å². The van der Waals surface area contributed by atoms with E-state index in [1.165, 1.54) is 12.1 Å². The normalized spacial score (nSPS) is 10.5. The number of rotatable bonds is 7. The van der Waals surface area contributed by atoms with Crippen molar-refractivity contribution in [3.63, 3.8) is 0 Å². The molecule has 0 fully saturated rings. The van der Waals surface area contributed by atoms with Gasteiger partial charge in [0.15, 0.2) is 0 Å². The first-order valence-electron chi connectivity index (χ1n) is 6.61. The third-order valence-corrected chi connectivity index (χ3v) is 2.89. The Hall–Kier alpha value is -1.42. The molecule has 0 saturated carbocycles. The van der Waals surface area contributed by atoms with Crippen molar-refractivity contribution >= 4 is 5.97 Å². The number of carbonyl (C=O) groups excluding carboxylic acids is 1. The second-order valence-corrected chi connectivity index (χ2v) is 4.32. The van der Waals surface area contributed by atoms with Crippen LogP contribution in [-0.4, -0.2) is 26.3 Å². The van der Waals surface area contributed by atoms with E-state index < -0.39 is 11.8 Å². The number of carbonyl (C=O) groups is 1. The van der Waals surface area contributed by atoms with Gasteiger partial charge in [-0.1, -0.05) is 13.8 Å². The van der Waals surface area contributed by atoms with Crippen molar-refractivity contribution in [3.05, 3.63) is 34.6 Å². The third kappa shape index (κ3) is 4.31. The summed E-state index contributed by atoms with van der Waals surface area (Å²) in [5.41, 5.74) is 1.99. The van der Waals surface area contributed by atoms with Crippen LogP contribution in [0.4, 0.5) is 4.39 Å². The maximum Gasteiger partial charge on any atom is 0.338 e. The summed E-state index contributed by atoms with van der Waals surface area (Å²) in [6.45, 7) is 4.72. The van der Waals surface area contributed by atoms with Crippen molar-refractivity contribution < 1.29 is 18.7 Å². The zero-order valence-corrected chi connectivity index (χ0v) is 11.8. The lowest BCUT2D eigenvalue weighted by molar-refractivity contribution is 0.0503. The Balaban J connectivity index is 3.07. The van der Waals surface area contributed by atoms with Gasteiger partial charge in [-0.15, -0.1) is 0 Å². The molecule has 0 N–H and O–H groups in total. The fraction of sp³-hybridized carbons (Fsp3) is 0.533. The van der Waals surface area contributed by atoms with Crippen LogP contribution in [0.3, 0.4) is 0 Å². The smallest absolute Gasteiger partial charge is 0.338 e. The Morgan fingerprint density at radius 1 is 1.26 bits per heavy atom. The number of ether oxygens (including phenoxy) is 2. The van der Waals surface area contributed by atoms with Crippen molar-refractivity contribution in [3.8, 4) is 0 Å². The fourth-order valence-electron chi connectivity index (χ4n) is 2.00. The van der Waals surface area contributed by atoms with Crippen LogP contribution in [0.25, 0.3) is 0 Å². The molecular formula is C15H21FO3. The Morgan fingerprint density at radius 2 is 2.00 bits per heavy atom. The first-order valence-corrected chi connectivity index (χ1v) is 6.61. The predicted molar refractivity (Wildman–Crippen MR) is 71.9 cm³/mol. The molecule has 0 atom stereocenters. The number of methoxy groups -OCH3 is 1. The van der Waals surface area contributed by atoms with E-state index in [1.54, 1.807) is 7.11 Å². The molecular weight excluding hydrogens is 247 g/mol. The molecule has 4 heteroatoms. The molecule has 0 aliphatic heterocycles. The standard InChI is InChI=1S/C15H21FO3/c1-4-7-19-15(17)14-10-12(16)9-11(6-8-18-3)13(14)5-2/h9-10H,4-8H2,1-3H3. The van der Waals surface area contributed by atoms with Gasteiger partial charge in [0.1, 0.15) is 5.82 Å². The van der Waals surface area contributed by atoms with Gasteiger partial charge in [0.25, 0.3) is 0 Å². The average Bonchev–Trinajstić information content (AvgIpc) is 2.41. The van der Waals surface area contributed by atoms with Gasteiger partial charge in [0, 0.05) is 7.11 Å². The van der Waals surface area contributed by atoms with Gasteiger partial charge in [-0.3, -0.25) is 0 Å². The van der Waals surface area contributed by atoms with Crippen LogP contribution < -0.4 is 0 Å². The van der Waals surface area contributed by atoms with Gasteiger partial charge >= 0.3 is 5.97 Å². The Labute approximate surface area is 113 Å². The summed E-state index contributed by atoms with van der Waals surface area (Å²) in [6.07, 6.45) is 2.00. The minimum absolute atomic E-state index is 0.335. The van der Waals surface area contributed by atoms with Crippen molar-refractivity contribution in [2.75, 3.05) is 20.3 Å². The lowest BCUT2D eigenvalue weighted by Crippen LogP contribution is -2.12. The summed E-state index contributed by atoms with van der Waals surface area (Å²) in [5.74, 6) is -0.858. The fourth-order valence-corrected chi connectivity index (χ4v) is 2.00. The van der Waals surface area contributed by atoms with Crippen LogP contribution in [0.5, 0.6) is 0 Å². The summed E-state index contributed by atoms with van der Waals surface area (Å²) < 4.78 is 23.7. The Morgan fingerprint density at radius 3 is 2.58 bits per heavy atom. The summed E-state index contributed by atoms with van der Waals surface area (Å²) >= 11 is 0. The molecule has 0 aliphatic rings. The highest BCUT2D eigenvalue weighted by Crippen LogP contribution is 2.20. The van der Waals surface area contributed by atoms with E-state index in [0.29, 0.717) is 31.6 Å². The molecule has 1 aromatic carbocycles. The van der Waals surface area contributed by atoms with Crippen LogP contribution in [0.1, 0.15) is 41.8 Å². The van der Waals surface area contributed by atoms with Crippen LogP contribution in [0, 0.1) is 5.82 Å². The Kier molecular flexibility index (Phi) is 6.50. The molecule has 0 spiro atoms. The lowest BCUT2D eigenvalue weighted by Gasteiger charge is -2.13. The molecule has 0 aromatic heterocycles. The van der Waals surface area contributed by atoms with Crippen LogP contribution in [-0.2, 0) is 22.3 Å². The Bertz CT molecular complexity index is 430. The van der Waals surface area contributed by atoms with Gasteiger partial charge in [-0.2, -0.15) is 0 Å². The zero-order chi connectivity index (χ0) is 14.3. The molecule has 0 saturated heterocycles. The second kappa shape index (κ2) is 7.89. The summed E-state index contributed by atoms with van der Waals surface area (Å²) in [6, 6.07) is 2.72. The van der Waals surface area contributed by atoms with E-state index in [2.05, 4.69) is 0 Å². The number of halogens is 1. The van der Waals surface area contributed by atoms with Gasteiger partial charge < -0.3 is 9.47 Å². The minimum atomic E-state index is -0.447. The van der Waals surface area contributed by atoms with Crippen molar-refractivity contribution in [2.24, 2.45) is 0 Å². The zero-order valence-electron chi connectivity index (χ0n) is 11.8. The van der Waals surface area contributed by atoms with E-state index >= 15 is 0 Å². The van der Waals surface area contributed by atoms with Crippen LogP contribution in [0.2, 0.25) is 0 Å².